The van der Waals surface area contributed by atoms with Crippen LogP contribution in [-0.2, 0) is 37.7 Å². The van der Waals surface area contributed by atoms with Crippen LogP contribution in [0, 0.1) is 6.41 Å². The molecule has 6 nitrogen and oxygen atoms in total. The first-order valence-corrected chi connectivity index (χ1v) is 3.09. The summed E-state index contributed by atoms with van der Waals surface area (Å²) < 4.78 is 22.0. The van der Waals surface area contributed by atoms with Crippen molar-refractivity contribution in [2.75, 3.05) is 0 Å². The summed E-state index contributed by atoms with van der Waals surface area (Å²) >= 11 is 0. The van der Waals surface area contributed by atoms with E-state index in [-0.39, 0.29) is 25.9 Å². The normalized spacial score (nSPS) is 24.2. The van der Waals surface area contributed by atoms with Crippen molar-refractivity contribution in [3.63, 3.8) is 0 Å². The molecule has 0 saturated carbocycles. The van der Waals surface area contributed by atoms with Crippen molar-refractivity contribution in [1.29, 1.82) is 0 Å². The molecular weight excluding hydrogens is 200 g/mol. The van der Waals surface area contributed by atoms with E-state index in [1.165, 1.54) is 0 Å². The molecule has 48 valence electrons. The van der Waals surface area contributed by atoms with Crippen molar-refractivity contribution >= 4 is 7.82 Å². The van der Waals surface area contributed by atoms with Crippen LogP contribution in [0.1, 0.15) is 0 Å². The molecule has 0 radical (unpaired) electrons. The van der Waals surface area contributed by atoms with Gasteiger partial charge in [0.2, 0.25) is 0 Å². The summed E-state index contributed by atoms with van der Waals surface area (Å²) in [5.74, 6) is 6.06. The number of nitrogens with two attached hydrogens (primary N) is 1. The van der Waals surface area contributed by atoms with Gasteiger partial charge in [-0.2, -0.15) is 0 Å². The van der Waals surface area contributed by atoms with Crippen LogP contribution in [-0.4, -0.2) is 0 Å². The first-order valence-electron chi connectivity index (χ1n) is 1.63. The molecule has 0 aromatic carbocycles. The van der Waals surface area contributed by atoms with E-state index in [1.54, 1.807) is 0 Å². The van der Waals surface area contributed by atoms with Crippen molar-refractivity contribution in [3.05, 3.63) is 12.3 Å². The Morgan fingerprint density at radius 1 is 1.67 bits per heavy atom. The number of rotatable bonds is 1. The van der Waals surface area contributed by atoms with Crippen LogP contribution in [0.25, 0.3) is 5.90 Å². The summed E-state index contributed by atoms with van der Waals surface area (Å²) in [4.78, 5) is 0. The predicted octanol–water partition coefficient (Wildman–Crippen LogP) is 0.528. The van der Waals surface area contributed by atoms with E-state index in [9.17, 15) is 4.57 Å². The first-order chi connectivity index (χ1) is 3.66. The second kappa shape index (κ2) is 3.17. The Hall–Kier alpha value is 0.653. The van der Waals surface area contributed by atoms with Gasteiger partial charge in [0.1, 0.15) is 0 Å². The molecule has 1 heterocycles. The van der Waals surface area contributed by atoms with E-state index < -0.39 is 7.82 Å². The molecule has 0 aromatic heterocycles. The molecule has 1 aliphatic heterocycles. The van der Waals surface area contributed by atoms with Crippen LogP contribution in [0.3, 0.4) is 0 Å². The third kappa shape index (κ3) is 2.05. The van der Waals surface area contributed by atoms with E-state index in [2.05, 4.69) is 13.7 Å². The zero-order chi connectivity index (χ0) is 6.20. The van der Waals surface area contributed by atoms with E-state index >= 15 is 0 Å². The Bertz CT molecular complexity index is 131. The molecule has 0 aliphatic carbocycles. The molecule has 1 aliphatic rings. The summed E-state index contributed by atoms with van der Waals surface area (Å²) in [7, 11) is -3.53. The number of hydrogen-bond acceptors (Lipinski definition) is 5. The van der Waals surface area contributed by atoms with Crippen molar-refractivity contribution in [2.24, 2.45) is 5.73 Å². The molecule has 9 heavy (non-hydrogen) atoms. The van der Waals surface area contributed by atoms with Crippen LogP contribution in [0.5, 0.6) is 0 Å². The fourth-order valence-corrected chi connectivity index (χ4v) is 0.793. The first kappa shape index (κ1) is 9.65. The van der Waals surface area contributed by atoms with Crippen LogP contribution in [0.15, 0.2) is 0 Å². The van der Waals surface area contributed by atoms with Gasteiger partial charge in [0.25, 0.3) is 0 Å². The molecule has 8 heteroatoms. The summed E-state index contributed by atoms with van der Waals surface area (Å²) in [6.45, 7) is 0. The number of hydrogen-bond donors (Lipinski definition) is 1. The summed E-state index contributed by atoms with van der Waals surface area (Å²) in [6.07, 6.45) is -0.319. The molecule has 1 saturated heterocycles. The minimum absolute atomic E-state index is 0. The van der Waals surface area contributed by atoms with Gasteiger partial charge in [0.15, 0.2) is 0 Å². The van der Waals surface area contributed by atoms with Crippen molar-refractivity contribution in [3.8, 4) is 0 Å². The minimum atomic E-state index is -3.53. The SMILES string of the molecule is [NH-]OP1(=O)O[C-](N)O1.[Zn+2]. The van der Waals surface area contributed by atoms with Gasteiger partial charge in [-0.15, -0.1) is 0 Å². The monoisotopic (exact) mass is 202 g/mol. The molecule has 0 aromatic rings. The fourth-order valence-electron chi connectivity index (χ4n) is 0.264. The molecule has 1 fully saturated rings. The standard InChI is InChI=1S/CH3N2O4P.Zn/c2-1-5-8(4,6-1)7-3;/h3H,2H2;/q-2;+2. The molecule has 3 N–H and O–H groups in total. The molecule has 0 bridgehead atoms. The van der Waals surface area contributed by atoms with Gasteiger partial charge < -0.3 is 25.3 Å². The van der Waals surface area contributed by atoms with E-state index in [0.29, 0.717) is 0 Å². The molecule has 0 amide bonds. The van der Waals surface area contributed by atoms with E-state index in [1.807, 2.05) is 0 Å². The zero-order valence-corrected chi connectivity index (χ0v) is 8.23. The second-order valence-electron chi connectivity index (χ2n) is 1.04. The smallest absolute Gasteiger partial charge is 0.539 e. The van der Waals surface area contributed by atoms with Crippen molar-refractivity contribution in [1.82, 2.24) is 0 Å². The van der Waals surface area contributed by atoms with Crippen molar-refractivity contribution in [2.45, 2.75) is 0 Å². The Morgan fingerprint density at radius 3 is 2.22 bits per heavy atom. The number of phosphoric ester groups is 1. The minimum Gasteiger partial charge on any atom is -0.539 e. The number of phosphoric acid groups is 1. The third-order valence-electron chi connectivity index (χ3n) is 0.515. The van der Waals surface area contributed by atoms with Crippen LogP contribution in [0.2, 0.25) is 0 Å². The molecule has 0 atom stereocenters. The Balaban J connectivity index is 0.000000640. The van der Waals surface area contributed by atoms with Gasteiger partial charge in [0.05, 0.1) is 0 Å². The Labute approximate surface area is 64.1 Å². The summed E-state index contributed by atoms with van der Waals surface area (Å²) in [5, 5.41) is 0. The van der Waals surface area contributed by atoms with Crippen LogP contribution < -0.4 is 5.73 Å². The Kier molecular flexibility index (Phi) is 3.40. The maximum Gasteiger partial charge on any atom is 2.00 e. The molecular formula is CH3N2O4PZn. The summed E-state index contributed by atoms with van der Waals surface area (Å²) in [5.41, 5.74) is 4.77. The molecule has 0 spiro atoms. The summed E-state index contributed by atoms with van der Waals surface area (Å²) in [6, 6.07) is 0. The van der Waals surface area contributed by atoms with Gasteiger partial charge in [-0.25, -0.2) is 4.57 Å². The fraction of sp³-hybridized carbons (Fsp3) is 0. The van der Waals surface area contributed by atoms with Crippen molar-refractivity contribution < 1.29 is 37.7 Å². The number of nitrogens with one attached hydrogen (secondary N) is 1. The average Bonchev–Trinajstić information content (AvgIpc) is 1.63. The van der Waals surface area contributed by atoms with Gasteiger partial charge >= 0.3 is 27.3 Å². The van der Waals surface area contributed by atoms with Gasteiger partial charge in [0, 0.05) is 0 Å². The van der Waals surface area contributed by atoms with Gasteiger partial charge in [-0.1, -0.05) is 0 Å². The maximum atomic E-state index is 10.3. The van der Waals surface area contributed by atoms with Gasteiger partial charge in [-0.05, 0) is 6.41 Å². The zero-order valence-electron chi connectivity index (χ0n) is 4.36. The van der Waals surface area contributed by atoms with Crippen LogP contribution in [0.4, 0.5) is 0 Å². The topological polar surface area (TPSA) is 94.6 Å². The van der Waals surface area contributed by atoms with Gasteiger partial charge in [-0.3, -0.25) is 0 Å². The van der Waals surface area contributed by atoms with E-state index in [4.69, 9.17) is 11.6 Å². The maximum absolute atomic E-state index is 10.3. The van der Waals surface area contributed by atoms with E-state index in [0.717, 1.165) is 0 Å². The molecule has 1 rings (SSSR count). The largest absolute Gasteiger partial charge is 2.00 e. The molecule has 0 unspecified atom stereocenters. The van der Waals surface area contributed by atoms with Crippen LogP contribution >= 0.6 is 7.82 Å². The second-order valence-corrected chi connectivity index (χ2v) is 2.48. The predicted molar refractivity (Wildman–Crippen MR) is 22.6 cm³/mol. The Morgan fingerprint density at radius 2 is 2.11 bits per heavy atom. The average molecular weight is 203 g/mol. The quantitative estimate of drug-likeness (QED) is 0.290. The third-order valence-corrected chi connectivity index (χ3v) is 1.55.